The van der Waals surface area contributed by atoms with E-state index >= 15 is 0 Å². The first-order valence-electron chi connectivity index (χ1n) is 5.12. The van der Waals surface area contributed by atoms with Gasteiger partial charge in [-0.15, -0.1) is 0 Å². The zero-order chi connectivity index (χ0) is 11.7. The summed E-state index contributed by atoms with van der Waals surface area (Å²) in [5, 5.41) is 4.19. The van der Waals surface area contributed by atoms with Crippen LogP contribution in [0, 0.1) is 5.92 Å². The molecule has 2 heterocycles. The highest BCUT2D eigenvalue weighted by atomic mass is 16.2. The number of hydrogen-bond acceptors (Lipinski definition) is 3. The van der Waals surface area contributed by atoms with Crippen molar-refractivity contribution >= 4 is 11.8 Å². The Morgan fingerprint density at radius 2 is 2.44 bits per heavy atom. The molecule has 1 saturated heterocycles. The van der Waals surface area contributed by atoms with E-state index in [1.807, 2.05) is 19.3 Å². The fraction of sp³-hybridized carbons (Fsp3) is 0.500. The van der Waals surface area contributed by atoms with Gasteiger partial charge in [0.1, 0.15) is 0 Å². The van der Waals surface area contributed by atoms with E-state index < -0.39 is 5.91 Å². The predicted octanol–water partition coefficient (Wildman–Crippen LogP) is -0.746. The quantitative estimate of drug-likeness (QED) is 0.731. The molecular weight excluding hydrogens is 208 g/mol. The molecule has 2 amide bonds. The number of aryl methyl sites for hydroxylation is 1. The zero-order valence-corrected chi connectivity index (χ0v) is 9.09. The second-order valence-electron chi connectivity index (χ2n) is 4.06. The van der Waals surface area contributed by atoms with Crippen molar-refractivity contribution < 1.29 is 9.59 Å². The van der Waals surface area contributed by atoms with Gasteiger partial charge >= 0.3 is 0 Å². The first-order valence-corrected chi connectivity index (χ1v) is 5.12. The largest absolute Gasteiger partial charge is 0.369 e. The smallest absolute Gasteiger partial charge is 0.223 e. The molecule has 0 spiro atoms. The van der Waals surface area contributed by atoms with Crippen LogP contribution in [0.25, 0.3) is 0 Å². The third kappa shape index (κ3) is 2.05. The standard InChI is InChI=1S/C10H14N4O2/c1-13-3-2-8(12-13)6-14-5-7(10(11)16)4-9(14)15/h2-3,7H,4-6H2,1H3,(H2,11,16). The monoisotopic (exact) mass is 222 g/mol. The number of amides is 2. The number of carbonyl (C=O) groups excluding carboxylic acids is 2. The molecule has 0 radical (unpaired) electrons. The van der Waals surface area contributed by atoms with Crippen LogP contribution in [0.1, 0.15) is 12.1 Å². The third-order valence-corrected chi connectivity index (χ3v) is 2.74. The summed E-state index contributed by atoms with van der Waals surface area (Å²) in [5.74, 6) is -0.789. The number of primary amides is 1. The van der Waals surface area contributed by atoms with Crippen LogP contribution in [0.15, 0.2) is 12.3 Å². The first kappa shape index (κ1) is 10.7. The van der Waals surface area contributed by atoms with Gasteiger partial charge < -0.3 is 10.6 Å². The van der Waals surface area contributed by atoms with Crippen LogP contribution >= 0.6 is 0 Å². The maximum atomic E-state index is 11.6. The summed E-state index contributed by atoms with van der Waals surface area (Å²) in [6, 6.07) is 1.85. The molecule has 1 fully saturated rings. The summed E-state index contributed by atoms with van der Waals surface area (Å²) in [7, 11) is 1.82. The van der Waals surface area contributed by atoms with Crippen LogP contribution in [-0.4, -0.2) is 33.0 Å². The molecule has 1 aromatic rings. The molecule has 16 heavy (non-hydrogen) atoms. The molecule has 6 nitrogen and oxygen atoms in total. The zero-order valence-electron chi connectivity index (χ0n) is 9.09. The van der Waals surface area contributed by atoms with Gasteiger partial charge in [-0.05, 0) is 6.07 Å². The second kappa shape index (κ2) is 3.96. The van der Waals surface area contributed by atoms with E-state index in [0.29, 0.717) is 13.1 Å². The average Bonchev–Trinajstić information content (AvgIpc) is 2.75. The number of hydrogen-bond donors (Lipinski definition) is 1. The number of rotatable bonds is 3. The normalized spacial score (nSPS) is 20.4. The molecule has 0 saturated carbocycles. The molecule has 0 aliphatic carbocycles. The van der Waals surface area contributed by atoms with Crippen molar-refractivity contribution in [3.8, 4) is 0 Å². The van der Waals surface area contributed by atoms with Crippen LogP contribution < -0.4 is 5.73 Å². The van der Waals surface area contributed by atoms with Gasteiger partial charge in [-0.3, -0.25) is 14.3 Å². The van der Waals surface area contributed by atoms with Crippen molar-refractivity contribution in [2.24, 2.45) is 18.7 Å². The van der Waals surface area contributed by atoms with Crippen molar-refractivity contribution in [1.82, 2.24) is 14.7 Å². The summed E-state index contributed by atoms with van der Waals surface area (Å²) in [5.41, 5.74) is 6.00. The molecule has 6 heteroatoms. The van der Waals surface area contributed by atoms with Gasteiger partial charge in [-0.25, -0.2) is 0 Å². The SMILES string of the molecule is Cn1ccc(CN2CC(C(N)=O)CC2=O)n1. The maximum absolute atomic E-state index is 11.6. The number of nitrogens with zero attached hydrogens (tertiary/aromatic N) is 3. The first-order chi connectivity index (χ1) is 7.56. The van der Waals surface area contributed by atoms with E-state index in [9.17, 15) is 9.59 Å². The minimum atomic E-state index is -0.406. The Balaban J connectivity index is 2.01. The van der Waals surface area contributed by atoms with Gasteiger partial charge in [0.15, 0.2) is 0 Å². The van der Waals surface area contributed by atoms with Crippen molar-refractivity contribution in [3.63, 3.8) is 0 Å². The van der Waals surface area contributed by atoms with Gasteiger partial charge in [-0.1, -0.05) is 0 Å². The number of nitrogens with two attached hydrogens (primary N) is 1. The van der Waals surface area contributed by atoms with Crippen molar-refractivity contribution in [1.29, 1.82) is 0 Å². The summed E-state index contributed by atoms with van der Waals surface area (Å²) >= 11 is 0. The number of likely N-dealkylation sites (tertiary alicyclic amines) is 1. The Bertz CT molecular complexity index is 426. The minimum absolute atomic E-state index is 0.0329. The molecule has 1 unspecified atom stereocenters. The van der Waals surface area contributed by atoms with E-state index in [1.165, 1.54) is 0 Å². The third-order valence-electron chi connectivity index (χ3n) is 2.74. The molecule has 0 bridgehead atoms. The van der Waals surface area contributed by atoms with Gasteiger partial charge in [0, 0.05) is 26.2 Å². The Kier molecular flexibility index (Phi) is 2.64. The molecule has 0 aromatic carbocycles. The number of aromatic nitrogens is 2. The molecule has 1 aliphatic heterocycles. The lowest BCUT2D eigenvalue weighted by Crippen LogP contribution is -2.28. The Hall–Kier alpha value is -1.85. The Labute approximate surface area is 93.0 Å². The molecule has 1 atom stereocenters. The second-order valence-corrected chi connectivity index (χ2v) is 4.06. The van der Waals surface area contributed by atoms with Gasteiger partial charge in [0.05, 0.1) is 18.2 Å². The van der Waals surface area contributed by atoms with Crippen LogP contribution in [0.5, 0.6) is 0 Å². The Morgan fingerprint density at radius 1 is 1.69 bits per heavy atom. The number of carbonyl (C=O) groups is 2. The minimum Gasteiger partial charge on any atom is -0.369 e. The van der Waals surface area contributed by atoms with E-state index in [2.05, 4.69) is 5.10 Å². The topological polar surface area (TPSA) is 81.2 Å². The lowest BCUT2D eigenvalue weighted by molar-refractivity contribution is -0.128. The van der Waals surface area contributed by atoms with Crippen LogP contribution in [0.4, 0.5) is 0 Å². The summed E-state index contributed by atoms with van der Waals surface area (Å²) in [6.45, 7) is 0.855. The highest BCUT2D eigenvalue weighted by Crippen LogP contribution is 2.19. The molecular formula is C10H14N4O2. The van der Waals surface area contributed by atoms with Crippen molar-refractivity contribution in [2.75, 3.05) is 6.54 Å². The van der Waals surface area contributed by atoms with Crippen molar-refractivity contribution in [3.05, 3.63) is 18.0 Å². The predicted molar refractivity (Wildman–Crippen MR) is 55.9 cm³/mol. The lowest BCUT2D eigenvalue weighted by atomic mass is 10.1. The Morgan fingerprint density at radius 3 is 2.94 bits per heavy atom. The molecule has 2 N–H and O–H groups in total. The average molecular weight is 222 g/mol. The van der Waals surface area contributed by atoms with Crippen LogP contribution in [0.3, 0.4) is 0 Å². The summed E-state index contributed by atoms with van der Waals surface area (Å²) < 4.78 is 1.68. The highest BCUT2D eigenvalue weighted by Gasteiger charge is 2.33. The molecule has 86 valence electrons. The molecule has 1 aliphatic rings. The van der Waals surface area contributed by atoms with E-state index in [0.717, 1.165) is 5.69 Å². The fourth-order valence-electron chi connectivity index (χ4n) is 1.86. The fourth-order valence-corrected chi connectivity index (χ4v) is 1.86. The lowest BCUT2D eigenvalue weighted by Gasteiger charge is -2.14. The van der Waals surface area contributed by atoms with Crippen molar-refractivity contribution in [2.45, 2.75) is 13.0 Å². The molecule has 2 rings (SSSR count). The van der Waals surface area contributed by atoms with Gasteiger partial charge in [0.2, 0.25) is 11.8 Å². The van der Waals surface area contributed by atoms with Gasteiger partial charge in [0.25, 0.3) is 0 Å². The maximum Gasteiger partial charge on any atom is 0.223 e. The summed E-state index contributed by atoms with van der Waals surface area (Å²) in [4.78, 5) is 24.2. The summed E-state index contributed by atoms with van der Waals surface area (Å²) in [6.07, 6.45) is 2.05. The van der Waals surface area contributed by atoms with E-state index in [1.54, 1.807) is 9.58 Å². The van der Waals surface area contributed by atoms with Crippen LogP contribution in [0.2, 0.25) is 0 Å². The van der Waals surface area contributed by atoms with Crippen LogP contribution in [-0.2, 0) is 23.2 Å². The van der Waals surface area contributed by atoms with E-state index in [4.69, 9.17) is 5.73 Å². The van der Waals surface area contributed by atoms with Gasteiger partial charge in [-0.2, -0.15) is 5.10 Å². The van der Waals surface area contributed by atoms with E-state index in [-0.39, 0.29) is 18.2 Å². The highest BCUT2D eigenvalue weighted by molar-refractivity contribution is 5.88. The molecule has 1 aromatic heterocycles.